The van der Waals surface area contributed by atoms with Gasteiger partial charge in [-0.2, -0.15) is 0 Å². The molecule has 7 nitrogen and oxygen atoms in total. The highest BCUT2D eigenvalue weighted by molar-refractivity contribution is 7.93. The molecule has 3 saturated carbocycles. The van der Waals surface area contributed by atoms with E-state index in [1.165, 1.54) is 0 Å². The van der Waals surface area contributed by atoms with Crippen LogP contribution in [0.5, 0.6) is 5.75 Å². The fourth-order valence-corrected chi connectivity index (χ4v) is 5.35. The summed E-state index contributed by atoms with van der Waals surface area (Å²) >= 11 is 0. The zero-order valence-electron chi connectivity index (χ0n) is 16.9. The van der Waals surface area contributed by atoms with Gasteiger partial charge in [0.15, 0.2) is 5.65 Å². The number of nitrogens with zero attached hydrogens (tertiary/aromatic N) is 3. The largest absolute Gasteiger partial charge is 0.493 e. The van der Waals surface area contributed by atoms with Crippen molar-refractivity contribution in [3.05, 3.63) is 17.8 Å². The molecule has 3 aliphatic rings. The molecule has 0 spiro atoms. The molecule has 30 heavy (non-hydrogen) atoms. The predicted octanol–water partition coefficient (Wildman–Crippen LogP) is 4.35. The number of anilines is 1. The Balaban J connectivity index is 0.00000231. The van der Waals surface area contributed by atoms with Gasteiger partial charge >= 0.3 is 0 Å². The summed E-state index contributed by atoms with van der Waals surface area (Å²) in [6.45, 7) is 2.37. The van der Waals surface area contributed by atoms with E-state index in [1.54, 1.807) is 10.5 Å². The van der Waals surface area contributed by atoms with E-state index in [1.807, 2.05) is 13.1 Å². The van der Waals surface area contributed by atoms with Crippen molar-refractivity contribution in [1.29, 1.82) is 0 Å². The first-order chi connectivity index (χ1) is 14.1. The average molecular weight is 443 g/mol. The van der Waals surface area contributed by atoms with Crippen LogP contribution in [0.1, 0.15) is 71.2 Å². The minimum atomic E-state index is -3.44. The molecule has 0 aliphatic heterocycles. The maximum Gasteiger partial charge on any atom is 0.248 e. The first-order valence-electron chi connectivity index (χ1n) is 10.6. The van der Waals surface area contributed by atoms with E-state index < -0.39 is 15.9 Å². The van der Waals surface area contributed by atoms with Crippen LogP contribution in [0.2, 0.25) is 0 Å². The molecule has 3 fully saturated rings. The number of fused-ring (bicyclic) bond motifs is 1. The Bertz CT molecular complexity index is 1070. The van der Waals surface area contributed by atoms with Gasteiger partial charge in [-0.05, 0) is 44.4 Å². The van der Waals surface area contributed by atoms with Crippen molar-refractivity contribution in [1.82, 2.24) is 14.6 Å². The molecule has 0 aromatic carbocycles. The van der Waals surface area contributed by atoms with E-state index in [0.717, 1.165) is 18.4 Å². The van der Waals surface area contributed by atoms with Crippen LogP contribution in [-0.2, 0) is 10.0 Å². The van der Waals surface area contributed by atoms with Gasteiger partial charge in [-0.1, -0.05) is 6.92 Å². The quantitative estimate of drug-likeness (QED) is 0.689. The molecule has 2 heterocycles. The monoisotopic (exact) mass is 442 g/mol. The number of ether oxygens (including phenoxy) is 1. The Hall–Kier alpha value is -1.97. The summed E-state index contributed by atoms with van der Waals surface area (Å²) in [7, 11) is -3.44. The van der Waals surface area contributed by atoms with Crippen molar-refractivity contribution in [2.45, 2.75) is 75.4 Å². The molecule has 0 saturated heterocycles. The van der Waals surface area contributed by atoms with Gasteiger partial charge in [0.25, 0.3) is 0 Å². The summed E-state index contributed by atoms with van der Waals surface area (Å²) in [4.78, 5) is 0. The van der Waals surface area contributed by atoms with Gasteiger partial charge in [0.05, 0.1) is 11.9 Å². The molecule has 2 aromatic rings. The average Bonchev–Trinajstić information content (AvgIpc) is 3.60. The fraction of sp³-hybridized carbons (Fsp3) is 0.700. The van der Waals surface area contributed by atoms with Crippen molar-refractivity contribution < 1.29 is 23.4 Å². The number of rotatable bonds is 7. The molecule has 0 unspecified atom stereocenters. The van der Waals surface area contributed by atoms with Gasteiger partial charge in [0, 0.05) is 37.5 Å². The second kappa shape index (κ2) is 6.77. The topological polar surface area (TPSA) is 85.6 Å². The van der Waals surface area contributed by atoms with Crippen LogP contribution in [0.4, 0.5) is 14.7 Å². The summed E-state index contributed by atoms with van der Waals surface area (Å²) < 4.78 is 62.0. The van der Waals surface area contributed by atoms with Gasteiger partial charge in [0.2, 0.25) is 21.9 Å². The third kappa shape index (κ3) is 3.98. The lowest BCUT2D eigenvalue weighted by Gasteiger charge is -2.37. The van der Waals surface area contributed by atoms with Gasteiger partial charge in [-0.3, -0.25) is 9.12 Å². The van der Waals surface area contributed by atoms with Crippen LogP contribution in [0.15, 0.2) is 12.3 Å². The summed E-state index contributed by atoms with van der Waals surface area (Å²) in [5.74, 6) is -1.34. The van der Waals surface area contributed by atoms with E-state index in [-0.39, 0.29) is 30.9 Å². The van der Waals surface area contributed by atoms with E-state index in [4.69, 9.17) is 4.74 Å². The highest BCUT2D eigenvalue weighted by Crippen LogP contribution is 2.47. The van der Waals surface area contributed by atoms with Gasteiger partial charge in [0.1, 0.15) is 5.75 Å². The molecule has 0 radical (unpaired) electrons. The number of hydrogen-bond donors (Lipinski definition) is 1. The first kappa shape index (κ1) is 20.0. The third-order valence-corrected chi connectivity index (χ3v) is 8.33. The highest BCUT2D eigenvalue weighted by Gasteiger charge is 2.41. The fourth-order valence-electron chi connectivity index (χ4n) is 4.03. The summed E-state index contributed by atoms with van der Waals surface area (Å²) in [5, 5.41) is 7.77. The Kier molecular flexibility index (Phi) is 4.50. The van der Waals surface area contributed by atoms with Crippen molar-refractivity contribution >= 4 is 21.6 Å². The molecule has 0 bridgehead atoms. The number of hydrogen-bond acceptors (Lipinski definition) is 5. The number of alkyl halides is 2. The smallest absolute Gasteiger partial charge is 0.248 e. The lowest BCUT2D eigenvalue weighted by Crippen LogP contribution is -2.35. The van der Waals surface area contributed by atoms with Gasteiger partial charge < -0.3 is 4.74 Å². The van der Waals surface area contributed by atoms with Crippen molar-refractivity contribution in [3.63, 3.8) is 0 Å². The zero-order chi connectivity index (χ0) is 21.1. The Morgan fingerprint density at radius 2 is 1.90 bits per heavy atom. The van der Waals surface area contributed by atoms with Crippen molar-refractivity contribution in [3.8, 4) is 5.75 Å². The highest BCUT2D eigenvalue weighted by atomic mass is 32.2. The van der Waals surface area contributed by atoms with Crippen molar-refractivity contribution in [2.75, 3.05) is 11.3 Å². The lowest BCUT2D eigenvalue weighted by atomic mass is 9.75. The summed E-state index contributed by atoms with van der Waals surface area (Å²) in [6.07, 6.45) is 5.92. The zero-order valence-corrected chi connectivity index (χ0v) is 17.7. The molecule has 0 amide bonds. The normalized spacial score (nSPS) is 23.4. The SMILES string of the molecule is CC1(COc2cc3nnc(NS(=O)(=O)C4CC4)n3cc2C2CC2)CCC(F)(F)CC1.[HH]. The molecule has 5 rings (SSSR count). The maximum absolute atomic E-state index is 13.5. The Morgan fingerprint density at radius 1 is 1.20 bits per heavy atom. The molecular weight excluding hydrogens is 414 g/mol. The van der Waals surface area contributed by atoms with Crippen LogP contribution in [0.25, 0.3) is 5.65 Å². The van der Waals surface area contributed by atoms with Crippen LogP contribution >= 0.6 is 0 Å². The van der Waals surface area contributed by atoms with Crippen LogP contribution in [0.3, 0.4) is 0 Å². The second-order valence-corrected chi connectivity index (χ2v) is 11.4. The Morgan fingerprint density at radius 3 is 2.53 bits per heavy atom. The predicted molar refractivity (Wildman–Crippen MR) is 110 cm³/mol. The van der Waals surface area contributed by atoms with Crippen LogP contribution < -0.4 is 9.46 Å². The second-order valence-electron chi connectivity index (χ2n) is 9.42. The van der Waals surface area contributed by atoms with Crippen LogP contribution in [0, 0.1) is 5.41 Å². The molecule has 1 N–H and O–H groups in total. The van der Waals surface area contributed by atoms with Gasteiger partial charge in [-0.15, -0.1) is 10.2 Å². The first-order valence-corrected chi connectivity index (χ1v) is 12.1. The maximum atomic E-state index is 13.5. The summed E-state index contributed by atoms with van der Waals surface area (Å²) in [5.41, 5.74) is 1.19. The van der Waals surface area contributed by atoms with Crippen LogP contribution in [-0.4, -0.2) is 40.8 Å². The number of sulfonamides is 1. The molecule has 166 valence electrons. The molecular formula is C20H28F2N4O3S. The molecule has 0 atom stereocenters. The number of aromatic nitrogens is 3. The van der Waals surface area contributed by atoms with E-state index in [0.29, 0.717) is 49.6 Å². The lowest BCUT2D eigenvalue weighted by molar-refractivity contribution is -0.0712. The summed E-state index contributed by atoms with van der Waals surface area (Å²) in [6, 6.07) is 1.77. The van der Waals surface area contributed by atoms with E-state index >= 15 is 0 Å². The van der Waals surface area contributed by atoms with E-state index in [9.17, 15) is 17.2 Å². The van der Waals surface area contributed by atoms with E-state index in [2.05, 4.69) is 14.9 Å². The number of nitrogens with one attached hydrogen (secondary N) is 1. The minimum Gasteiger partial charge on any atom is -0.493 e. The number of pyridine rings is 1. The Labute approximate surface area is 175 Å². The third-order valence-electron chi connectivity index (χ3n) is 6.51. The minimum absolute atomic E-state index is 0. The molecule has 10 heteroatoms. The van der Waals surface area contributed by atoms with Gasteiger partial charge in [-0.25, -0.2) is 17.2 Å². The van der Waals surface area contributed by atoms with Crippen molar-refractivity contribution in [2.24, 2.45) is 5.41 Å². The molecule has 2 aromatic heterocycles. The molecule has 3 aliphatic carbocycles. The standard InChI is InChI=1S/C20H26F2N4O3S.H2/c1-19(6-8-20(21,22)9-7-19)12-29-16-10-17-23-24-18(25-30(27,28)14-4-5-14)26(17)11-15(16)13-2-3-13;/h10-11,13-14H,2-9,12H2,1H3,(H,24,25);1H. The number of halogens is 2.